The molecule has 18 heavy (non-hydrogen) atoms. The predicted octanol–water partition coefficient (Wildman–Crippen LogP) is 2.27. The lowest BCUT2D eigenvalue weighted by molar-refractivity contribution is -0.00814. The number of nitrogens with one attached hydrogen (secondary N) is 2. The van der Waals surface area contributed by atoms with Crippen LogP contribution in [0.25, 0.3) is 0 Å². The normalized spacial score (nSPS) is 11.1. The van der Waals surface area contributed by atoms with Crippen LogP contribution in [0.2, 0.25) is 0 Å². The average molecular weight is 250 g/mol. The van der Waals surface area contributed by atoms with Gasteiger partial charge in [-0.3, -0.25) is 4.79 Å². The molecule has 0 aliphatic heterocycles. The lowest BCUT2D eigenvalue weighted by Crippen LogP contribution is -2.40. The first kappa shape index (κ1) is 14.5. The van der Waals surface area contributed by atoms with Crippen molar-refractivity contribution in [3.8, 4) is 0 Å². The molecule has 1 aromatic rings. The molecule has 0 aliphatic carbocycles. The van der Waals surface area contributed by atoms with Crippen molar-refractivity contribution in [3.63, 3.8) is 0 Å². The van der Waals surface area contributed by atoms with E-state index >= 15 is 0 Å². The monoisotopic (exact) mass is 250 g/mol. The lowest BCUT2D eigenvalue weighted by atomic mass is 10.1. The van der Waals surface area contributed by atoms with Crippen molar-refractivity contribution in [2.45, 2.75) is 26.4 Å². The van der Waals surface area contributed by atoms with Gasteiger partial charge in [0.15, 0.2) is 0 Å². The second-order valence-electron chi connectivity index (χ2n) is 4.67. The molecular formula is C14H22N2O2. The molecule has 0 radical (unpaired) electrons. The maximum absolute atomic E-state index is 12.1. The van der Waals surface area contributed by atoms with E-state index in [1.165, 1.54) is 0 Å². The zero-order chi connectivity index (χ0) is 13.6. The summed E-state index contributed by atoms with van der Waals surface area (Å²) in [5.74, 6) is -0.0901. The molecule has 0 unspecified atom stereocenters. The molecule has 0 bridgehead atoms. The van der Waals surface area contributed by atoms with Crippen molar-refractivity contribution in [2.24, 2.45) is 0 Å². The summed E-state index contributed by atoms with van der Waals surface area (Å²) in [6, 6.07) is 7.42. The van der Waals surface area contributed by atoms with E-state index in [-0.39, 0.29) is 11.5 Å². The number of ether oxygens (including phenoxy) is 1. The van der Waals surface area contributed by atoms with Gasteiger partial charge in [0, 0.05) is 25.9 Å². The first-order valence-electron chi connectivity index (χ1n) is 6.19. The molecule has 4 nitrogen and oxygen atoms in total. The summed E-state index contributed by atoms with van der Waals surface area (Å²) in [5, 5.41) is 5.90. The molecule has 0 atom stereocenters. The fourth-order valence-corrected chi connectivity index (χ4v) is 1.73. The molecule has 0 saturated heterocycles. The summed E-state index contributed by atoms with van der Waals surface area (Å²) in [6.07, 6.45) is 0. The molecule has 0 aliphatic rings. The second kappa shape index (κ2) is 6.40. The van der Waals surface area contributed by atoms with Gasteiger partial charge in [0.2, 0.25) is 0 Å². The molecule has 0 heterocycles. The number of para-hydroxylation sites is 1. The van der Waals surface area contributed by atoms with Crippen LogP contribution in [0.3, 0.4) is 0 Å². The van der Waals surface area contributed by atoms with E-state index in [0.717, 1.165) is 5.69 Å². The first-order valence-corrected chi connectivity index (χ1v) is 6.19. The van der Waals surface area contributed by atoms with Crippen LogP contribution >= 0.6 is 0 Å². The number of carbonyl (C=O) groups is 1. The molecule has 0 fully saturated rings. The molecule has 4 heteroatoms. The highest BCUT2D eigenvalue weighted by molar-refractivity contribution is 5.99. The smallest absolute Gasteiger partial charge is 0.253 e. The van der Waals surface area contributed by atoms with Gasteiger partial charge in [-0.2, -0.15) is 0 Å². The van der Waals surface area contributed by atoms with Gasteiger partial charge in [0.25, 0.3) is 5.91 Å². The zero-order valence-corrected chi connectivity index (χ0v) is 11.5. The summed E-state index contributed by atoms with van der Waals surface area (Å²) >= 11 is 0. The molecule has 2 N–H and O–H groups in total. The number of benzene rings is 1. The summed E-state index contributed by atoms with van der Waals surface area (Å²) in [7, 11) is 1.80. The fourth-order valence-electron chi connectivity index (χ4n) is 1.73. The van der Waals surface area contributed by atoms with Crippen LogP contribution in [-0.2, 0) is 4.74 Å². The van der Waals surface area contributed by atoms with Crippen LogP contribution < -0.4 is 10.6 Å². The molecule has 100 valence electrons. The van der Waals surface area contributed by atoms with Gasteiger partial charge in [0.1, 0.15) is 0 Å². The molecule has 0 saturated carbocycles. The number of hydrogen-bond acceptors (Lipinski definition) is 3. The topological polar surface area (TPSA) is 50.4 Å². The predicted molar refractivity (Wildman–Crippen MR) is 74.0 cm³/mol. The SMILES string of the molecule is CCOC(C)(C)CNC(=O)c1ccccc1NC. The summed E-state index contributed by atoms with van der Waals surface area (Å²) in [5.41, 5.74) is 1.12. The Labute approximate surface area is 109 Å². The standard InChI is InChI=1S/C14H22N2O2/c1-5-18-14(2,3)10-16-13(17)11-8-6-7-9-12(11)15-4/h6-9,15H,5,10H2,1-4H3,(H,16,17). The highest BCUT2D eigenvalue weighted by atomic mass is 16.5. The van der Waals surface area contributed by atoms with E-state index in [4.69, 9.17) is 4.74 Å². The minimum Gasteiger partial charge on any atom is -0.387 e. The molecule has 1 amide bonds. The number of amides is 1. The van der Waals surface area contributed by atoms with Gasteiger partial charge in [-0.25, -0.2) is 0 Å². The third-order valence-electron chi connectivity index (χ3n) is 2.65. The van der Waals surface area contributed by atoms with Crippen molar-refractivity contribution in [1.29, 1.82) is 0 Å². The van der Waals surface area contributed by atoms with Crippen LogP contribution in [0.4, 0.5) is 5.69 Å². The Morgan fingerprint density at radius 1 is 1.33 bits per heavy atom. The van der Waals surface area contributed by atoms with Gasteiger partial charge in [-0.05, 0) is 32.9 Å². The summed E-state index contributed by atoms with van der Waals surface area (Å²) < 4.78 is 5.54. The highest BCUT2D eigenvalue weighted by Gasteiger charge is 2.19. The second-order valence-corrected chi connectivity index (χ2v) is 4.67. The summed E-state index contributed by atoms with van der Waals surface area (Å²) in [4.78, 5) is 12.1. The number of anilines is 1. The average Bonchev–Trinajstić information content (AvgIpc) is 2.36. The van der Waals surface area contributed by atoms with E-state index in [2.05, 4.69) is 10.6 Å². The Balaban J connectivity index is 2.66. The Morgan fingerprint density at radius 3 is 2.61 bits per heavy atom. The lowest BCUT2D eigenvalue weighted by Gasteiger charge is -2.25. The molecular weight excluding hydrogens is 228 g/mol. The molecule has 0 spiro atoms. The van der Waals surface area contributed by atoms with E-state index < -0.39 is 0 Å². The van der Waals surface area contributed by atoms with Gasteiger partial charge in [-0.15, -0.1) is 0 Å². The van der Waals surface area contributed by atoms with Crippen molar-refractivity contribution >= 4 is 11.6 Å². The van der Waals surface area contributed by atoms with Crippen LogP contribution in [0.1, 0.15) is 31.1 Å². The number of rotatable bonds is 6. The van der Waals surface area contributed by atoms with Crippen LogP contribution in [0, 0.1) is 0 Å². The van der Waals surface area contributed by atoms with Crippen LogP contribution in [0.15, 0.2) is 24.3 Å². The summed E-state index contributed by atoms with van der Waals surface area (Å²) in [6.45, 7) is 6.98. The molecule has 0 aromatic heterocycles. The van der Waals surface area contributed by atoms with Crippen molar-refractivity contribution in [3.05, 3.63) is 29.8 Å². The van der Waals surface area contributed by atoms with Crippen LogP contribution in [0.5, 0.6) is 0 Å². The van der Waals surface area contributed by atoms with E-state index in [9.17, 15) is 4.79 Å². The number of carbonyl (C=O) groups excluding carboxylic acids is 1. The van der Waals surface area contributed by atoms with Gasteiger partial charge >= 0.3 is 0 Å². The Bertz CT molecular complexity index is 403. The van der Waals surface area contributed by atoms with Gasteiger partial charge in [0.05, 0.1) is 11.2 Å². The van der Waals surface area contributed by atoms with Crippen LogP contribution in [-0.4, -0.2) is 31.7 Å². The van der Waals surface area contributed by atoms with E-state index in [0.29, 0.717) is 18.7 Å². The van der Waals surface area contributed by atoms with Gasteiger partial charge in [-0.1, -0.05) is 12.1 Å². The maximum Gasteiger partial charge on any atom is 0.253 e. The van der Waals surface area contributed by atoms with Crippen molar-refractivity contribution in [1.82, 2.24) is 5.32 Å². The zero-order valence-electron chi connectivity index (χ0n) is 11.5. The first-order chi connectivity index (χ1) is 8.50. The third kappa shape index (κ3) is 4.04. The minimum atomic E-state index is -0.348. The van der Waals surface area contributed by atoms with Gasteiger partial charge < -0.3 is 15.4 Å². The third-order valence-corrected chi connectivity index (χ3v) is 2.65. The molecule has 1 aromatic carbocycles. The molecule has 1 rings (SSSR count). The maximum atomic E-state index is 12.1. The number of hydrogen-bond donors (Lipinski definition) is 2. The quantitative estimate of drug-likeness (QED) is 0.814. The Hall–Kier alpha value is -1.55. The highest BCUT2D eigenvalue weighted by Crippen LogP contribution is 2.14. The minimum absolute atomic E-state index is 0.0901. The van der Waals surface area contributed by atoms with Crippen molar-refractivity contribution < 1.29 is 9.53 Å². The Morgan fingerprint density at radius 2 is 2.00 bits per heavy atom. The van der Waals surface area contributed by atoms with Crippen molar-refractivity contribution in [2.75, 3.05) is 25.5 Å². The van der Waals surface area contributed by atoms with E-state index in [1.54, 1.807) is 13.1 Å². The Kier molecular flexibility index (Phi) is 5.16. The van der Waals surface area contributed by atoms with E-state index in [1.807, 2.05) is 39.0 Å². The largest absolute Gasteiger partial charge is 0.387 e. The fraction of sp³-hybridized carbons (Fsp3) is 0.500.